The molecule has 1 aliphatic carbocycles. The van der Waals surface area contributed by atoms with Gasteiger partial charge in [-0.15, -0.1) is 0 Å². The van der Waals surface area contributed by atoms with Gasteiger partial charge in [-0.1, -0.05) is 18.2 Å². The number of carbonyl (C=O) groups excluding carboxylic acids is 1. The Morgan fingerprint density at radius 3 is 2.56 bits per heavy atom. The number of hydrogen-bond donors (Lipinski definition) is 2. The molecule has 5 nitrogen and oxygen atoms in total. The van der Waals surface area contributed by atoms with E-state index in [-0.39, 0.29) is 5.91 Å². The van der Waals surface area contributed by atoms with E-state index < -0.39 is 12.1 Å². The lowest BCUT2D eigenvalue weighted by Crippen LogP contribution is -2.56. The van der Waals surface area contributed by atoms with Gasteiger partial charge in [-0.25, -0.2) is 4.79 Å². The maximum atomic E-state index is 12.7. The predicted octanol–water partition coefficient (Wildman–Crippen LogP) is 2.17. The SMILES string of the molecule is O=C(O)C(F)(F)F.O=C1c2c(cccc2C2CC2)C[C@@H]2CNCCN12. The summed E-state index contributed by atoms with van der Waals surface area (Å²) in [6, 6.07) is 6.81. The molecule has 1 saturated carbocycles. The summed E-state index contributed by atoms with van der Waals surface area (Å²) in [6.07, 6.45) is -1.54. The van der Waals surface area contributed by atoms with Crippen molar-refractivity contribution in [1.29, 1.82) is 0 Å². The van der Waals surface area contributed by atoms with E-state index in [0.717, 1.165) is 31.6 Å². The van der Waals surface area contributed by atoms with Gasteiger partial charge in [0.2, 0.25) is 0 Å². The van der Waals surface area contributed by atoms with Crippen molar-refractivity contribution in [2.24, 2.45) is 0 Å². The first kappa shape index (κ1) is 17.7. The molecule has 0 spiro atoms. The summed E-state index contributed by atoms with van der Waals surface area (Å²) in [6.45, 7) is 2.74. The minimum absolute atomic E-state index is 0.283. The largest absolute Gasteiger partial charge is 0.490 e. The number of nitrogens with one attached hydrogen (secondary N) is 1. The summed E-state index contributed by atoms with van der Waals surface area (Å²) in [5.41, 5.74) is 3.63. The first-order chi connectivity index (χ1) is 11.8. The van der Waals surface area contributed by atoms with E-state index in [2.05, 4.69) is 28.4 Å². The van der Waals surface area contributed by atoms with Crippen LogP contribution in [-0.2, 0) is 11.2 Å². The van der Waals surface area contributed by atoms with Crippen molar-refractivity contribution in [2.75, 3.05) is 19.6 Å². The average molecular weight is 356 g/mol. The predicted molar refractivity (Wildman–Crippen MR) is 83.5 cm³/mol. The van der Waals surface area contributed by atoms with E-state index in [1.165, 1.54) is 24.0 Å². The standard InChI is InChI=1S/C15H18N2O.C2HF3O2/c18-15-14-11(2-1-3-13(14)10-4-5-10)8-12-9-16-6-7-17(12)15;3-2(4,5)1(6)7/h1-3,10,12,16H,4-9H2;(H,6,7)/t12-;/m1./s1. The second-order valence-corrected chi connectivity index (χ2v) is 6.52. The molecule has 2 aliphatic heterocycles. The van der Waals surface area contributed by atoms with Crippen LogP contribution in [0.25, 0.3) is 0 Å². The highest BCUT2D eigenvalue weighted by Crippen LogP contribution is 2.43. The van der Waals surface area contributed by atoms with Gasteiger partial charge in [0.1, 0.15) is 0 Å². The molecule has 3 aliphatic rings. The van der Waals surface area contributed by atoms with Gasteiger partial charge < -0.3 is 15.3 Å². The van der Waals surface area contributed by atoms with E-state index >= 15 is 0 Å². The number of piperazine rings is 1. The Labute approximate surface area is 142 Å². The van der Waals surface area contributed by atoms with Gasteiger partial charge in [0.25, 0.3) is 5.91 Å². The van der Waals surface area contributed by atoms with Crippen molar-refractivity contribution < 1.29 is 27.9 Å². The van der Waals surface area contributed by atoms with Crippen LogP contribution in [0.3, 0.4) is 0 Å². The molecule has 1 atom stereocenters. The molecule has 136 valence electrons. The van der Waals surface area contributed by atoms with Crippen LogP contribution in [0.4, 0.5) is 13.2 Å². The molecular formula is C17H19F3N2O3. The van der Waals surface area contributed by atoms with Crippen molar-refractivity contribution in [1.82, 2.24) is 10.2 Å². The molecule has 0 bridgehead atoms. The molecule has 1 saturated heterocycles. The first-order valence-corrected chi connectivity index (χ1v) is 8.22. The Bertz CT molecular complexity index is 686. The molecule has 1 aromatic rings. The number of aliphatic carboxylic acids is 1. The normalized spacial score (nSPS) is 22.4. The van der Waals surface area contributed by atoms with Crippen molar-refractivity contribution in [3.63, 3.8) is 0 Å². The number of carbonyl (C=O) groups is 2. The molecule has 2 N–H and O–H groups in total. The molecule has 0 radical (unpaired) electrons. The molecular weight excluding hydrogens is 337 g/mol. The zero-order valence-electron chi connectivity index (χ0n) is 13.5. The second-order valence-electron chi connectivity index (χ2n) is 6.52. The monoisotopic (exact) mass is 356 g/mol. The van der Waals surface area contributed by atoms with Gasteiger partial charge in [-0.05, 0) is 36.3 Å². The second kappa shape index (κ2) is 6.67. The third-order valence-corrected chi connectivity index (χ3v) is 4.72. The van der Waals surface area contributed by atoms with E-state index in [1.54, 1.807) is 0 Å². The summed E-state index contributed by atoms with van der Waals surface area (Å²) >= 11 is 0. The first-order valence-electron chi connectivity index (χ1n) is 8.22. The van der Waals surface area contributed by atoms with Gasteiger partial charge in [0.15, 0.2) is 0 Å². The van der Waals surface area contributed by atoms with Gasteiger partial charge >= 0.3 is 12.1 Å². The summed E-state index contributed by atoms with van der Waals surface area (Å²) in [5, 5.41) is 10.5. The fraction of sp³-hybridized carbons (Fsp3) is 0.529. The molecule has 4 rings (SSSR count). The minimum Gasteiger partial charge on any atom is -0.475 e. The molecule has 2 heterocycles. The Morgan fingerprint density at radius 1 is 1.28 bits per heavy atom. The highest BCUT2D eigenvalue weighted by atomic mass is 19.4. The summed E-state index contributed by atoms with van der Waals surface area (Å²) in [4.78, 5) is 23.7. The summed E-state index contributed by atoms with van der Waals surface area (Å²) in [5.74, 6) is -1.82. The maximum Gasteiger partial charge on any atom is 0.490 e. The Hall–Kier alpha value is -2.09. The van der Waals surface area contributed by atoms with E-state index in [9.17, 15) is 18.0 Å². The third kappa shape index (κ3) is 3.78. The molecule has 1 aromatic carbocycles. The summed E-state index contributed by atoms with van der Waals surface area (Å²) in [7, 11) is 0. The quantitative estimate of drug-likeness (QED) is 0.809. The number of rotatable bonds is 1. The number of alkyl halides is 3. The fourth-order valence-corrected chi connectivity index (χ4v) is 3.39. The highest BCUT2D eigenvalue weighted by molar-refractivity contribution is 5.99. The van der Waals surface area contributed by atoms with Crippen molar-refractivity contribution in [3.8, 4) is 0 Å². The number of halogens is 3. The van der Waals surface area contributed by atoms with Gasteiger partial charge in [0.05, 0.1) is 0 Å². The van der Waals surface area contributed by atoms with Crippen LogP contribution in [-0.4, -0.2) is 53.7 Å². The lowest BCUT2D eigenvalue weighted by molar-refractivity contribution is -0.192. The maximum absolute atomic E-state index is 12.7. The lowest BCUT2D eigenvalue weighted by atomic mass is 9.87. The zero-order chi connectivity index (χ0) is 18.2. The number of benzene rings is 1. The fourth-order valence-electron chi connectivity index (χ4n) is 3.39. The molecule has 0 unspecified atom stereocenters. The van der Waals surface area contributed by atoms with E-state index in [0.29, 0.717) is 12.0 Å². The topological polar surface area (TPSA) is 69.6 Å². The smallest absolute Gasteiger partial charge is 0.475 e. The van der Waals surface area contributed by atoms with Crippen molar-refractivity contribution in [3.05, 3.63) is 34.9 Å². The number of carboxylic acid groups (broad SMARTS) is 1. The Morgan fingerprint density at radius 2 is 1.96 bits per heavy atom. The number of carboxylic acids is 1. The zero-order valence-corrected chi connectivity index (χ0v) is 13.5. The van der Waals surface area contributed by atoms with Crippen LogP contribution in [0.15, 0.2) is 18.2 Å². The minimum atomic E-state index is -5.08. The van der Waals surface area contributed by atoms with E-state index in [1.807, 2.05) is 0 Å². The Balaban J connectivity index is 0.000000225. The van der Waals surface area contributed by atoms with Crippen molar-refractivity contribution >= 4 is 11.9 Å². The van der Waals surface area contributed by atoms with Crippen LogP contribution in [0.1, 0.15) is 40.2 Å². The molecule has 2 fully saturated rings. The molecule has 8 heteroatoms. The van der Waals surface area contributed by atoms with Crippen LogP contribution in [0.2, 0.25) is 0 Å². The van der Waals surface area contributed by atoms with Crippen LogP contribution in [0.5, 0.6) is 0 Å². The Kier molecular flexibility index (Phi) is 4.73. The van der Waals surface area contributed by atoms with Gasteiger partial charge in [0, 0.05) is 31.2 Å². The number of fused-ring (bicyclic) bond motifs is 2. The number of nitrogens with zero attached hydrogens (tertiary/aromatic N) is 1. The number of hydrogen-bond acceptors (Lipinski definition) is 3. The number of amides is 1. The lowest BCUT2D eigenvalue weighted by Gasteiger charge is -2.41. The third-order valence-electron chi connectivity index (χ3n) is 4.72. The van der Waals surface area contributed by atoms with Gasteiger partial charge in [-0.3, -0.25) is 4.79 Å². The van der Waals surface area contributed by atoms with Gasteiger partial charge in [-0.2, -0.15) is 13.2 Å². The van der Waals surface area contributed by atoms with E-state index in [4.69, 9.17) is 9.90 Å². The molecule has 25 heavy (non-hydrogen) atoms. The van der Waals surface area contributed by atoms with Crippen LogP contribution < -0.4 is 5.32 Å². The highest BCUT2D eigenvalue weighted by Gasteiger charge is 2.39. The average Bonchev–Trinajstić information content (AvgIpc) is 3.39. The van der Waals surface area contributed by atoms with Crippen molar-refractivity contribution in [2.45, 2.75) is 37.4 Å². The molecule has 0 aromatic heterocycles. The molecule has 1 amide bonds. The van der Waals surface area contributed by atoms with Crippen LogP contribution in [0, 0.1) is 0 Å². The van der Waals surface area contributed by atoms with Crippen LogP contribution >= 0.6 is 0 Å². The summed E-state index contributed by atoms with van der Waals surface area (Å²) < 4.78 is 31.7.